The third-order valence-electron chi connectivity index (χ3n) is 4.12. The standard InChI is InChI=1S/C19H17BO2/c1-22-19-8-4-14(5-9-19)16-10-15(11-18(21)12-16)13-2-6-17(20)7-3-13/h2-9,12,15H,10-11H2,1H3. The topological polar surface area (TPSA) is 26.3 Å². The lowest BCUT2D eigenvalue weighted by Gasteiger charge is -2.23. The van der Waals surface area contributed by atoms with E-state index >= 15 is 0 Å². The van der Waals surface area contributed by atoms with Crippen LogP contribution in [0, 0.1) is 0 Å². The fraction of sp³-hybridized carbons (Fsp3) is 0.211. The molecule has 2 aromatic carbocycles. The van der Waals surface area contributed by atoms with Gasteiger partial charge in [0.2, 0.25) is 0 Å². The van der Waals surface area contributed by atoms with Gasteiger partial charge in [0.15, 0.2) is 5.78 Å². The summed E-state index contributed by atoms with van der Waals surface area (Å²) < 4.78 is 5.18. The van der Waals surface area contributed by atoms with E-state index in [0.717, 1.165) is 28.8 Å². The molecule has 0 heterocycles. The number of methoxy groups -OCH3 is 1. The van der Waals surface area contributed by atoms with Crippen molar-refractivity contribution in [3.63, 3.8) is 0 Å². The maximum Gasteiger partial charge on any atom is 0.156 e. The van der Waals surface area contributed by atoms with Gasteiger partial charge in [-0.15, -0.1) is 0 Å². The van der Waals surface area contributed by atoms with Crippen LogP contribution in [0.15, 0.2) is 54.6 Å². The summed E-state index contributed by atoms with van der Waals surface area (Å²) in [6, 6.07) is 15.7. The molecular weight excluding hydrogens is 271 g/mol. The SMILES string of the molecule is [B]c1ccc(C2CC(=O)C=C(c3ccc(OC)cc3)C2)cc1. The van der Waals surface area contributed by atoms with Crippen LogP contribution in [-0.4, -0.2) is 20.7 Å². The number of hydrogen-bond acceptors (Lipinski definition) is 2. The molecule has 0 aromatic heterocycles. The Labute approximate surface area is 132 Å². The highest BCUT2D eigenvalue weighted by Crippen LogP contribution is 2.36. The molecule has 2 nitrogen and oxygen atoms in total. The average molecular weight is 288 g/mol. The molecule has 108 valence electrons. The zero-order valence-corrected chi connectivity index (χ0v) is 12.6. The maximum atomic E-state index is 12.1. The lowest BCUT2D eigenvalue weighted by molar-refractivity contribution is -0.115. The van der Waals surface area contributed by atoms with Crippen LogP contribution in [0.5, 0.6) is 5.75 Å². The predicted molar refractivity (Wildman–Crippen MR) is 89.8 cm³/mol. The molecule has 0 amide bonds. The van der Waals surface area contributed by atoms with Gasteiger partial charge in [0.25, 0.3) is 0 Å². The van der Waals surface area contributed by atoms with Gasteiger partial charge in [-0.1, -0.05) is 41.9 Å². The maximum absolute atomic E-state index is 12.1. The van der Waals surface area contributed by atoms with Gasteiger partial charge >= 0.3 is 0 Å². The van der Waals surface area contributed by atoms with Crippen molar-refractivity contribution in [2.45, 2.75) is 18.8 Å². The van der Waals surface area contributed by atoms with Crippen molar-refractivity contribution in [1.82, 2.24) is 0 Å². The summed E-state index contributed by atoms with van der Waals surface area (Å²) >= 11 is 0. The molecule has 0 saturated carbocycles. The Morgan fingerprint density at radius 2 is 1.68 bits per heavy atom. The second-order valence-corrected chi connectivity index (χ2v) is 5.64. The molecule has 0 aliphatic heterocycles. The second kappa shape index (κ2) is 6.23. The average Bonchev–Trinajstić information content (AvgIpc) is 2.55. The summed E-state index contributed by atoms with van der Waals surface area (Å²) in [6.45, 7) is 0. The number of benzene rings is 2. The fourth-order valence-electron chi connectivity index (χ4n) is 2.90. The molecule has 0 saturated heterocycles. The molecule has 3 heteroatoms. The van der Waals surface area contributed by atoms with Crippen molar-refractivity contribution < 1.29 is 9.53 Å². The van der Waals surface area contributed by atoms with E-state index in [-0.39, 0.29) is 11.7 Å². The van der Waals surface area contributed by atoms with E-state index in [2.05, 4.69) is 0 Å². The molecule has 2 aromatic rings. The third-order valence-corrected chi connectivity index (χ3v) is 4.12. The zero-order valence-electron chi connectivity index (χ0n) is 12.6. The van der Waals surface area contributed by atoms with E-state index in [9.17, 15) is 4.79 Å². The van der Waals surface area contributed by atoms with Crippen LogP contribution in [0.25, 0.3) is 5.57 Å². The van der Waals surface area contributed by atoms with E-state index in [4.69, 9.17) is 12.6 Å². The molecule has 1 aliphatic rings. The highest BCUT2D eigenvalue weighted by Gasteiger charge is 2.22. The van der Waals surface area contributed by atoms with E-state index in [1.54, 1.807) is 13.2 Å². The minimum absolute atomic E-state index is 0.180. The first kappa shape index (κ1) is 14.6. The summed E-state index contributed by atoms with van der Waals surface area (Å²) in [4.78, 5) is 12.1. The summed E-state index contributed by atoms with van der Waals surface area (Å²) in [5.41, 5.74) is 4.08. The Morgan fingerprint density at radius 3 is 2.32 bits per heavy atom. The Morgan fingerprint density at radius 1 is 1.00 bits per heavy atom. The van der Waals surface area contributed by atoms with Crippen LogP contribution in [-0.2, 0) is 4.79 Å². The number of hydrogen-bond donors (Lipinski definition) is 0. The molecule has 1 unspecified atom stereocenters. The van der Waals surface area contributed by atoms with Crippen molar-refractivity contribution in [1.29, 1.82) is 0 Å². The van der Waals surface area contributed by atoms with Crippen molar-refractivity contribution in [3.05, 3.63) is 65.7 Å². The van der Waals surface area contributed by atoms with Crippen LogP contribution >= 0.6 is 0 Å². The van der Waals surface area contributed by atoms with Crippen LogP contribution in [0.3, 0.4) is 0 Å². The fourth-order valence-corrected chi connectivity index (χ4v) is 2.90. The van der Waals surface area contributed by atoms with Gasteiger partial charge < -0.3 is 4.74 Å². The van der Waals surface area contributed by atoms with Crippen LogP contribution < -0.4 is 10.2 Å². The largest absolute Gasteiger partial charge is 0.497 e. The number of carbonyl (C=O) groups excluding carboxylic acids is 1. The minimum Gasteiger partial charge on any atom is -0.497 e. The number of ether oxygens (including phenoxy) is 1. The highest BCUT2D eigenvalue weighted by molar-refractivity contribution is 6.32. The molecule has 0 fully saturated rings. The smallest absolute Gasteiger partial charge is 0.156 e. The minimum atomic E-state index is 0.180. The predicted octanol–water partition coefficient (Wildman–Crippen LogP) is 3.02. The first-order chi connectivity index (χ1) is 10.7. The van der Waals surface area contributed by atoms with Gasteiger partial charge in [0, 0.05) is 6.42 Å². The Balaban J connectivity index is 1.85. The Kier molecular flexibility index (Phi) is 4.14. The second-order valence-electron chi connectivity index (χ2n) is 5.64. The first-order valence-corrected chi connectivity index (χ1v) is 7.39. The van der Waals surface area contributed by atoms with Gasteiger partial charge in [-0.25, -0.2) is 0 Å². The van der Waals surface area contributed by atoms with Gasteiger partial charge in [0.05, 0.1) is 7.11 Å². The quantitative estimate of drug-likeness (QED) is 0.811. The molecule has 0 N–H and O–H groups in total. The molecular formula is C19H17BO2. The Hall–Kier alpha value is -2.29. The van der Waals surface area contributed by atoms with Crippen LogP contribution in [0.1, 0.15) is 29.9 Å². The summed E-state index contributed by atoms with van der Waals surface area (Å²) in [5, 5.41) is 0. The summed E-state index contributed by atoms with van der Waals surface area (Å²) in [6.07, 6.45) is 3.20. The van der Waals surface area contributed by atoms with E-state index < -0.39 is 0 Å². The summed E-state index contributed by atoms with van der Waals surface area (Å²) in [5.74, 6) is 1.22. The zero-order chi connectivity index (χ0) is 15.5. The first-order valence-electron chi connectivity index (χ1n) is 7.39. The highest BCUT2D eigenvalue weighted by atomic mass is 16.5. The molecule has 22 heavy (non-hydrogen) atoms. The van der Waals surface area contributed by atoms with Crippen molar-refractivity contribution in [3.8, 4) is 5.75 Å². The van der Waals surface area contributed by atoms with Gasteiger partial charge in [0.1, 0.15) is 13.6 Å². The molecule has 0 spiro atoms. The molecule has 1 aliphatic carbocycles. The number of rotatable bonds is 3. The third kappa shape index (κ3) is 3.14. The molecule has 2 radical (unpaired) electrons. The van der Waals surface area contributed by atoms with Crippen LogP contribution in [0.4, 0.5) is 0 Å². The Bertz CT molecular complexity index is 699. The van der Waals surface area contributed by atoms with E-state index in [0.29, 0.717) is 6.42 Å². The van der Waals surface area contributed by atoms with Crippen LogP contribution in [0.2, 0.25) is 0 Å². The van der Waals surface area contributed by atoms with Crippen molar-refractivity contribution in [2.75, 3.05) is 7.11 Å². The molecule has 1 atom stereocenters. The number of carbonyl (C=O) groups is 1. The number of ketones is 1. The van der Waals surface area contributed by atoms with Crippen molar-refractivity contribution >= 4 is 24.7 Å². The monoisotopic (exact) mass is 288 g/mol. The summed E-state index contributed by atoms with van der Waals surface area (Å²) in [7, 11) is 7.39. The van der Waals surface area contributed by atoms with E-state index in [1.807, 2.05) is 48.5 Å². The van der Waals surface area contributed by atoms with E-state index in [1.165, 1.54) is 5.56 Å². The van der Waals surface area contributed by atoms with Crippen molar-refractivity contribution in [2.24, 2.45) is 0 Å². The van der Waals surface area contributed by atoms with Gasteiger partial charge in [-0.3, -0.25) is 4.79 Å². The molecule has 0 bridgehead atoms. The normalized spacial score (nSPS) is 18.0. The van der Waals surface area contributed by atoms with Gasteiger partial charge in [-0.2, -0.15) is 0 Å². The van der Waals surface area contributed by atoms with Gasteiger partial charge in [-0.05, 0) is 47.2 Å². The molecule has 3 rings (SSSR count). The number of allylic oxidation sites excluding steroid dienone is 2. The lowest BCUT2D eigenvalue weighted by atomic mass is 9.80. The lowest BCUT2D eigenvalue weighted by Crippen LogP contribution is -2.13.